The lowest BCUT2D eigenvalue weighted by molar-refractivity contribution is 0.0668. The molecule has 0 fully saturated rings. The van der Waals surface area contributed by atoms with Crippen LogP contribution in [0.15, 0.2) is 46.5 Å². The van der Waals surface area contributed by atoms with Crippen molar-refractivity contribution in [3.8, 4) is 0 Å². The third-order valence-corrected chi connectivity index (χ3v) is 4.39. The van der Waals surface area contributed by atoms with Crippen LogP contribution in [0.4, 0.5) is 13.2 Å². The van der Waals surface area contributed by atoms with Gasteiger partial charge in [-0.15, -0.1) is 11.8 Å². The molecule has 1 aromatic heterocycles. The van der Waals surface area contributed by atoms with Crippen LogP contribution in [0.2, 0.25) is 0 Å². The summed E-state index contributed by atoms with van der Waals surface area (Å²) in [6, 6.07) is 6.38. The number of rotatable bonds is 8. The number of benzene rings is 1. The molecule has 0 aliphatic rings. The van der Waals surface area contributed by atoms with E-state index in [0.29, 0.717) is 12.5 Å². The number of guanidine groups is 1. The Bertz CT molecular complexity index is 673. The van der Waals surface area contributed by atoms with Crippen LogP contribution < -0.4 is 10.6 Å². The van der Waals surface area contributed by atoms with E-state index in [-0.39, 0.29) is 18.2 Å². The maximum absolute atomic E-state index is 12.8. The van der Waals surface area contributed by atoms with E-state index in [0.717, 1.165) is 21.6 Å². The summed E-state index contributed by atoms with van der Waals surface area (Å²) in [5.41, 5.74) is 0. The number of nitrogens with one attached hydrogen (secondary N) is 2. The van der Waals surface area contributed by atoms with Crippen molar-refractivity contribution in [2.45, 2.75) is 24.4 Å². The first-order valence-electron chi connectivity index (χ1n) is 7.73. The number of imidazole rings is 1. The first-order valence-corrected chi connectivity index (χ1v) is 8.71. The van der Waals surface area contributed by atoms with Gasteiger partial charge in [0.05, 0.1) is 6.54 Å². The number of aromatic nitrogens is 2. The minimum atomic E-state index is -2.61. The van der Waals surface area contributed by atoms with Crippen molar-refractivity contribution in [1.29, 1.82) is 0 Å². The molecular weight excluding hydrogens is 351 g/mol. The van der Waals surface area contributed by atoms with Gasteiger partial charge in [0, 0.05) is 30.9 Å². The van der Waals surface area contributed by atoms with Gasteiger partial charge in [0.2, 0.25) is 0 Å². The zero-order chi connectivity index (χ0) is 18.1. The highest BCUT2D eigenvalue weighted by molar-refractivity contribution is 7.99. The maximum Gasteiger partial charge on any atom is 0.319 e. The van der Waals surface area contributed by atoms with Gasteiger partial charge >= 0.3 is 6.55 Å². The highest BCUT2D eigenvalue weighted by atomic mass is 32.2. The average Bonchev–Trinajstić information content (AvgIpc) is 3.08. The topological polar surface area (TPSA) is 54.2 Å². The monoisotopic (exact) mass is 371 g/mol. The molecule has 0 spiro atoms. The summed E-state index contributed by atoms with van der Waals surface area (Å²) in [4.78, 5) is 8.97. The van der Waals surface area contributed by atoms with Gasteiger partial charge < -0.3 is 10.6 Å². The van der Waals surface area contributed by atoms with Crippen LogP contribution in [0.25, 0.3) is 0 Å². The fourth-order valence-corrected chi connectivity index (χ4v) is 2.89. The summed E-state index contributed by atoms with van der Waals surface area (Å²) >= 11 is 1.64. The molecule has 0 atom stereocenters. The Kier molecular flexibility index (Phi) is 7.65. The van der Waals surface area contributed by atoms with E-state index < -0.39 is 6.55 Å². The molecule has 0 radical (unpaired) electrons. The van der Waals surface area contributed by atoms with E-state index in [4.69, 9.17) is 0 Å². The largest absolute Gasteiger partial charge is 0.356 e. The fraction of sp³-hybridized carbons (Fsp3) is 0.375. The molecule has 0 aliphatic heterocycles. The molecule has 0 saturated heterocycles. The van der Waals surface area contributed by atoms with Crippen molar-refractivity contribution in [3.05, 3.63) is 48.3 Å². The highest BCUT2D eigenvalue weighted by Gasteiger charge is 2.11. The Morgan fingerprint density at radius 3 is 2.72 bits per heavy atom. The first-order chi connectivity index (χ1) is 12.1. The molecule has 9 heteroatoms. The summed E-state index contributed by atoms with van der Waals surface area (Å²) in [6.45, 7) is -1.78. The van der Waals surface area contributed by atoms with Gasteiger partial charge in [0.25, 0.3) is 0 Å². The van der Waals surface area contributed by atoms with Crippen LogP contribution in [0.1, 0.15) is 18.8 Å². The minimum absolute atomic E-state index is 0.154. The second-order valence-electron chi connectivity index (χ2n) is 5.04. The predicted octanol–water partition coefficient (Wildman–Crippen LogP) is 3.26. The van der Waals surface area contributed by atoms with E-state index in [2.05, 4.69) is 20.6 Å². The van der Waals surface area contributed by atoms with Gasteiger partial charge in [-0.1, -0.05) is 0 Å². The molecule has 1 heterocycles. The SMILES string of the molecule is CN=C(NCCCSc1ccc(F)cc1)NCc1nccn1C(F)F. The lowest BCUT2D eigenvalue weighted by Crippen LogP contribution is -2.38. The molecule has 0 aliphatic carbocycles. The number of hydrogen-bond acceptors (Lipinski definition) is 3. The Balaban J connectivity index is 1.66. The van der Waals surface area contributed by atoms with Crippen LogP contribution in [0, 0.1) is 5.82 Å². The molecule has 2 aromatic rings. The zero-order valence-electron chi connectivity index (χ0n) is 13.8. The smallest absolute Gasteiger partial charge is 0.319 e. The van der Waals surface area contributed by atoms with Gasteiger partial charge in [0.15, 0.2) is 5.96 Å². The number of alkyl halides is 2. The lowest BCUT2D eigenvalue weighted by atomic mass is 10.4. The molecule has 25 heavy (non-hydrogen) atoms. The predicted molar refractivity (Wildman–Crippen MR) is 93.4 cm³/mol. The second kappa shape index (κ2) is 9.97. The normalized spacial score (nSPS) is 11.8. The van der Waals surface area contributed by atoms with E-state index in [9.17, 15) is 13.2 Å². The Labute approximate surface area is 148 Å². The van der Waals surface area contributed by atoms with Crippen molar-refractivity contribution in [2.75, 3.05) is 19.3 Å². The molecular formula is C16H20F3N5S. The summed E-state index contributed by atoms with van der Waals surface area (Å²) in [6.07, 6.45) is 3.45. The number of aliphatic imine (C=N–C) groups is 1. The zero-order valence-corrected chi connectivity index (χ0v) is 14.6. The number of halogens is 3. The van der Waals surface area contributed by atoms with Crippen molar-refractivity contribution in [1.82, 2.24) is 20.2 Å². The van der Waals surface area contributed by atoms with Crippen molar-refractivity contribution < 1.29 is 13.2 Å². The van der Waals surface area contributed by atoms with Gasteiger partial charge in [-0.2, -0.15) is 8.78 Å². The van der Waals surface area contributed by atoms with E-state index in [1.807, 2.05) is 0 Å². The van der Waals surface area contributed by atoms with E-state index >= 15 is 0 Å². The standard InChI is InChI=1S/C16H20F3N5S/c1-20-16(23-11-14-21-8-9-24(14)15(18)19)22-7-2-10-25-13-5-3-12(17)4-6-13/h3-6,8-9,15H,2,7,10-11H2,1H3,(H2,20,22,23). The Morgan fingerprint density at radius 2 is 2.04 bits per heavy atom. The molecule has 0 bridgehead atoms. The molecule has 0 amide bonds. The van der Waals surface area contributed by atoms with Gasteiger partial charge in [-0.3, -0.25) is 9.56 Å². The van der Waals surface area contributed by atoms with Crippen molar-refractivity contribution >= 4 is 17.7 Å². The van der Waals surface area contributed by atoms with Crippen LogP contribution in [-0.2, 0) is 6.54 Å². The third-order valence-electron chi connectivity index (χ3n) is 3.29. The number of hydrogen-bond donors (Lipinski definition) is 2. The molecule has 0 saturated carbocycles. The summed E-state index contributed by atoms with van der Waals surface area (Å²) in [5.74, 6) is 1.39. The Morgan fingerprint density at radius 1 is 1.28 bits per heavy atom. The van der Waals surface area contributed by atoms with Crippen LogP contribution >= 0.6 is 11.8 Å². The van der Waals surface area contributed by atoms with Crippen LogP contribution in [0.5, 0.6) is 0 Å². The second-order valence-corrected chi connectivity index (χ2v) is 6.21. The fourth-order valence-electron chi connectivity index (χ4n) is 2.04. The quantitative estimate of drug-likeness (QED) is 0.324. The summed E-state index contributed by atoms with van der Waals surface area (Å²) in [7, 11) is 1.61. The summed E-state index contributed by atoms with van der Waals surface area (Å²) in [5, 5.41) is 6.07. The van der Waals surface area contributed by atoms with Crippen molar-refractivity contribution in [3.63, 3.8) is 0 Å². The molecule has 5 nitrogen and oxygen atoms in total. The molecule has 1 aromatic carbocycles. The minimum Gasteiger partial charge on any atom is -0.356 e. The first kappa shape index (κ1) is 19.2. The maximum atomic E-state index is 12.8. The number of nitrogens with zero attached hydrogens (tertiary/aromatic N) is 3. The van der Waals surface area contributed by atoms with E-state index in [1.54, 1.807) is 30.9 Å². The van der Waals surface area contributed by atoms with Gasteiger partial charge in [-0.25, -0.2) is 9.37 Å². The molecule has 136 valence electrons. The summed E-state index contributed by atoms with van der Waals surface area (Å²) < 4.78 is 39.1. The third kappa shape index (κ3) is 6.33. The van der Waals surface area contributed by atoms with Crippen LogP contribution in [0.3, 0.4) is 0 Å². The lowest BCUT2D eigenvalue weighted by Gasteiger charge is -2.12. The Hall–Kier alpha value is -2.16. The van der Waals surface area contributed by atoms with Crippen LogP contribution in [-0.4, -0.2) is 34.9 Å². The molecule has 2 N–H and O–H groups in total. The number of thioether (sulfide) groups is 1. The van der Waals surface area contributed by atoms with Gasteiger partial charge in [-0.05, 0) is 36.4 Å². The van der Waals surface area contributed by atoms with Crippen molar-refractivity contribution in [2.24, 2.45) is 4.99 Å². The van der Waals surface area contributed by atoms with Gasteiger partial charge in [0.1, 0.15) is 11.6 Å². The van der Waals surface area contributed by atoms with E-state index in [1.165, 1.54) is 24.5 Å². The highest BCUT2D eigenvalue weighted by Crippen LogP contribution is 2.18. The molecule has 0 unspecified atom stereocenters. The average molecular weight is 371 g/mol. The molecule has 2 rings (SSSR count).